The third-order valence-electron chi connectivity index (χ3n) is 3.07. The van der Waals surface area contributed by atoms with Gasteiger partial charge in [-0.15, -0.1) is 11.3 Å². The quantitative estimate of drug-likeness (QED) is 0.875. The van der Waals surface area contributed by atoms with Crippen molar-refractivity contribution in [2.75, 3.05) is 6.54 Å². The fraction of sp³-hybridized carbons (Fsp3) is 0.538. The fourth-order valence-electron chi connectivity index (χ4n) is 2.00. The van der Waals surface area contributed by atoms with Crippen LogP contribution >= 0.6 is 11.3 Å². The Bertz CT molecular complexity index is 442. The standard InChI is InChI=1S/C13H18N2O2S/c1-2-9-6-7-11(18-9)13(17)15-10-5-3-4-8-14-12(10)16/h6-7,10H,2-5,8H2,1H3,(H,14,16)(H,15,17)/t10-/m0/s1. The van der Waals surface area contributed by atoms with E-state index in [1.807, 2.05) is 12.1 Å². The number of carbonyl (C=O) groups excluding carboxylic acids is 2. The summed E-state index contributed by atoms with van der Waals surface area (Å²) in [5.41, 5.74) is 0. The summed E-state index contributed by atoms with van der Waals surface area (Å²) in [5, 5.41) is 5.64. The Morgan fingerprint density at radius 1 is 1.50 bits per heavy atom. The summed E-state index contributed by atoms with van der Waals surface area (Å²) in [6, 6.07) is 3.41. The second kappa shape index (κ2) is 6.00. The Labute approximate surface area is 111 Å². The Morgan fingerprint density at radius 3 is 3.06 bits per heavy atom. The van der Waals surface area contributed by atoms with Crippen LogP contribution in [0.5, 0.6) is 0 Å². The van der Waals surface area contributed by atoms with Gasteiger partial charge in [-0.2, -0.15) is 0 Å². The maximum absolute atomic E-state index is 12.0. The van der Waals surface area contributed by atoms with Gasteiger partial charge in [-0.05, 0) is 37.8 Å². The van der Waals surface area contributed by atoms with Crippen molar-refractivity contribution in [3.8, 4) is 0 Å². The van der Waals surface area contributed by atoms with E-state index in [1.165, 1.54) is 16.2 Å². The molecule has 1 aromatic rings. The Hall–Kier alpha value is -1.36. The number of amides is 2. The minimum Gasteiger partial charge on any atom is -0.354 e. The minimum atomic E-state index is -0.382. The van der Waals surface area contributed by atoms with Crippen LogP contribution in [0.4, 0.5) is 0 Å². The maximum Gasteiger partial charge on any atom is 0.262 e. The molecule has 0 aliphatic carbocycles. The van der Waals surface area contributed by atoms with Crippen LogP contribution in [-0.4, -0.2) is 24.4 Å². The number of nitrogens with one attached hydrogen (secondary N) is 2. The van der Waals surface area contributed by atoms with E-state index < -0.39 is 0 Å². The van der Waals surface area contributed by atoms with Crippen molar-refractivity contribution >= 4 is 23.2 Å². The first kappa shape index (κ1) is 13.1. The zero-order valence-electron chi connectivity index (χ0n) is 10.5. The molecule has 0 saturated carbocycles. The molecular formula is C13H18N2O2S. The van der Waals surface area contributed by atoms with Crippen LogP contribution in [0, 0.1) is 0 Å². The molecule has 2 rings (SSSR count). The molecule has 98 valence electrons. The molecule has 0 spiro atoms. The Balaban J connectivity index is 1.99. The zero-order valence-corrected chi connectivity index (χ0v) is 11.3. The van der Waals surface area contributed by atoms with Crippen LogP contribution in [0.1, 0.15) is 40.7 Å². The van der Waals surface area contributed by atoms with Gasteiger partial charge in [-0.25, -0.2) is 0 Å². The smallest absolute Gasteiger partial charge is 0.262 e. The molecule has 2 amide bonds. The lowest BCUT2D eigenvalue weighted by Crippen LogP contribution is -2.45. The summed E-state index contributed by atoms with van der Waals surface area (Å²) in [4.78, 5) is 25.6. The molecule has 0 bridgehead atoms. The Kier molecular flexibility index (Phi) is 4.36. The average Bonchev–Trinajstić information content (AvgIpc) is 2.77. The lowest BCUT2D eigenvalue weighted by Gasteiger charge is -2.14. The molecule has 1 aliphatic rings. The van der Waals surface area contributed by atoms with Gasteiger partial charge in [0.1, 0.15) is 6.04 Å². The van der Waals surface area contributed by atoms with Gasteiger partial charge in [-0.3, -0.25) is 9.59 Å². The van der Waals surface area contributed by atoms with E-state index in [1.54, 1.807) is 0 Å². The normalized spacial score (nSPS) is 20.1. The minimum absolute atomic E-state index is 0.0619. The van der Waals surface area contributed by atoms with Crippen LogP contribution < -0.4 is 10.6 Å². The van der Waals surface area contributed by atoms with Gasteiger partial charge in [0.25, 0.3) is 5.91 Å². The van der Waals surface area contributed by atoms with E-state index >= 15 is 0 Å². The van der Waals surface area contributed by atoms with Crippen molar-refractivity contribution in [3.05, 3.63) is 21.9 Å². The van der Waals surface area contributed by atoms with Gasteiger partial charge in [0.2, 0.25) is 5.91 Å². The molecule has 1 aromatic heterocycles. The molecule has 0 radical (unpaired) electrons. The maximum atomic E-state index is 12.0. The van der Waals surface area contributed by atoms with E-state index in [0.29, 0.717) is 11.4 Å². The van der Waals surface area contributed by atoms with Crippen molar-refractivity contribution in [1.82, 2.24) is 10.6 Å². The second-order valence-corrected chi connectivity index (χ2v) is 5.60. The molecule has 1 saturated heterocycles. The monoisotopic (exact) mass is 266 g/mol. The molecule has 4 nitrogen and oxygen atoms in total. The SMILES string of the molecule is CCc1ccc(C(=O)N[C@H]2CCCCNC2=O)s1. The van der Waals surface area contributed by atoms with E-state index in [4.69, 9.17) is 0 Å². The van der Waals surface area contributed by atoms with Crippen molar-refractivity contribution in [2.24, 2.45) is 0 Å². The number of rotatable bonds is 3. The number of aryl methyl sites for hydroxylation is 1. The van der Waals surface area contributed by atoms with Crippen molar-refractivity contribution in [3.63, 3.8) is 0 Å². The molecule has 2 N–H and O–H groups in total. The van der Waals surface area contributed by atoms with E-state index in [9.17, 15) is 9.59 Å². The largest absolute Gasteiger partial charge is 0.354 e. The highest BCUT2D eigenvalue weighted by atomic mass is 32.1. The van der Waals surface area contributed by atoms with Crippen LogP contribution in [-0.2, 0) is 11.2 Å². The second-order valence-electron chi connectivity index (χ2n) is 4.43. The number of thiophene rings is 1. The molecule has 1 aliphatic heterocycles. The predicted octanol–water partition coefficient (Wildman–Crippen LogP) is 1.71. The molecule has 2 heterocycles. The van der Waals surface area contributed by atoms with Gasteiger partial charge < -0.3 is 10.6 Å². The first-order chi connectivity index (χ1) is 8.70. The summed E-state index contributed by atoms with van der Waals surface area (Å²) in [7, 11) is 0. The third-order valence-corrected chi connectivity index (χ3v) is 4.30. The summed E-state index contributed by atoms with van der Waals surface area (Å²) < 4.78 is 0. The van der Waals surface area contributed by atoms with E-state index in [2.05, 4.69) is 17.6 Å². The highest BCUT2D eigenvalue weighted by molar-refractivity contribution is 7.14. The highest BCUT2D eigenvalue weighted by Crippen LogP contribution is 2.17. The molecule has 0 aromatic carbocycles. The topological polar surface area (TPSA) is 58.2 Å². The van der Waals surface area contributed by atoms with Crippen LogP contribution in [0.2, 0.25) is 0 Å². The first-order valence-corrected chi connectivity index (χ1v) is 7.19. The molecular weight excluding hydrogens is 248 g/mol. The van der Waals surface area contributed by atoms with Gasteiger partial charge in [0.15, 0.2) is 0 Å². The van der Waals surface area contributed by atoms with Crippen LogP contribution in [0.25, 0.3) is 0 Å². The molecule has 5 heteroatoms. The molecule has 18 heavy (non-hydrogen) atoms. The van der Waals surface area contributed by atoms with E-state index in [-0.39, 0.29) is 17.9 Å². The average molecular weight is 266 g/mol. The fourth-order valence-corrected chi connectivity index (χ4v) is 2.85. The first-order valence-electron chi connectivity index (χ1n) is 6.38. The summed E-state index contributed by atoms with van der Waals surface area (Å²) in [6.45, 7) is 2.77. The summed E-state index contributed by atoms with van der Waals surface area (Å²) >= 11 is 1.49. The van der Waals surface area contributed by atoms with Gasteiger partial charge >= 0.3 is 0 Å². The van der Waals surface area contributed by atoms with Crippen LogP contribution in [0.15, 0.2) is 12.1 Å². The van der Waals surface area contributed by atoms with Crippen molar-refractivity contribution < 1.29 is 9.59 Å². The van der Waals surface area contributed by atoms with Crippen molar-refractivity contribution in [1.29, 1.82) is 0 Å². The zero-order chi connectivity index (χ0) is 13.0. The van der Waals surface area contributed by atoms with Gasteiger partial charge in [0, 0.05) is 11.4 Å². The number of hydrogen-bond acceptors (Lipinski definition) is 3. The van der Waals surface area contributed by atoms with E-state index in [0.717, 1.165) is 25.7 Å². The molecule has 1 atom stereocenters. The summed E-state index contributed by atoms with van der Waals surface area (Å²) in [6.07, 6.45) is 3.61. The number of hydrogen-bond donors (Lipinski definition) is 2. The molecule has 1 fully saturated rings. The lowest BCUT2D eigenvalue weighted by molar-refractivity contribution is -0.122. The molecule has 0 unspecified atom stereocenters. The number of carbonyl (C=O) groups is 2. The Morgan fingerprint density at radius 2 is 2.33 bits per heavy atom. The van der Waals surface area contributed by atoms with Crippen molar-refractivity contribution in [2.45, 2.75) is 38.6 Å². The van der Waals surface area contributed by atoms with Gasteiger partial charge in [-0.1, -0.05) is 6.92 Å². The third kappa shape index (κ3) is 3.10. The summed E-state index contributed by atoms with van der Waals surface area (Å²) in [5.74, 6) is -0.199. The van der Waals surface area contributed by atoms with Crippen LogP contribution in [0.3, 0.4) is 0 Å². The lowest BCUT2D eigenvalue weighted by atomic mass is 10.1. The van der Waals surface area contributed by atoms with Gasteiger partial charge in [0.05, 0.1) is 4.88 Å². The highest BCUT2D eigenvalue weighted by Gasteiger charge is 2.23. The predicted molar refractivity (Wildman–Crippen MR) is 71.8 cm³/mol.